The summed E-state index contributed by atoms with van der Waals surface area (Å²) in [5.41, 5.74) is -0.545. The van der Waals surface area contributed by atoms with Gasteiger partial charge in [-0.15, -0.1) is 0 Å². The average molecular weight is 353 g/mol. The van der Waals surface area contributed by atoms with Gasteiger partial charge >= 0.3 is 6.09 Å². The maximum Gasteiger partial charge on any atom is 0.414 e. The number of nitrogens with zero attached hydrogens (tertiary/aromatic N) is 2. The molecule has 16 heavy (non-hydrogen) atoms. The summed E-state index contributed by atoms with van der Waals surface area (Å²) in [6.45, 7) is 5.35. The maximum absolute atomic E-state index is 11.4. The first kappa shape index (κ1) is 13.4. The van der Waals surface area contributed by atoms with Crippen LogP contribution in [0.25, 0.3) is 0 Å². The van der Waals surface area contributed by atoms with Crippen molar-refractivity contribution in [1.82, 2.24) is 9.97 Å². The van der Waals surface area contributed by atoms with Crippen LogP contribution in [0, 0.1) is 0 Å². The zero-order valence-corrected chi connectivity index (χ0v) is 12.2. The summed E-state index contributed by atoms with van der Waals surface area (Å²) in [5, 5.41) is 2.43. The van der Waals surface area contributed by atoms with Gasteiger partial charge in [0.2, 0.25) is 5.95 Å². The third-order valence-electron chi connectivity index (χ3n) is 1.31. The Hall–Kier alpha value is -0.690. The van der Waals surface area contributed by atoms with Crippen LogP contribution in [0.5, 0.6) is 0 Å². The first-order valence-electron chi connectivity index (χ1n) is 4.46. The van der Waals surface area contributed by atoms with Crippen molar-refractivity contribution in [3.63, 3.8) is 0 Å². The van der Waals surface area contributed by atoms with Crippen molar-refractivity contribution in [3.8, 4) is 0 Å². The van der Waals surface area contributed by atoms with Crippen LogP contribution in [0.1, 0.15) is 20.8 Å². The molecule has 7 heteroatoms. The lowest BCUT2D eigenvalue weighted by Gasteiger charge is -2.19. The lowest BCUT2D eigenvalue weighted by molar-refractivity contribution is 0.0634. The number of ether oxygens (including phenoxy) is 1. The molecular formula is C9H11Br2N3O2. The topological polar surface area (TPSA) is 64.1 Å². The molecule has 0 aliphatic heterocycles. The van der Waals surface area contributed by atoms with Crippen molar-refractivity contribution in [1.29, 1.82) is 0 Å². The highest BCUT2D eigenvalue weighted by Gasteiger charge is 2.17. The number of halogens is 2. The van der Waals surface area contributed by atoms with Gasteiger partial charge in [0.05, 0.1) is 4.47 Å². The van der Waals surface area contributed by atoms with Crippen molar-refractivity contribution < 1.29 is 9.53 Å². The summed E-state index contributed by atoms with van der Waals surface area (Å²) in [4.78, 5) is 19.3. The molecule has 1 amide bonds. The minimum Gasteiger partial charge on any atom is -0.444 e. The lowest BCUT2D eigenvalue weighted by Crippen LogP contribution is -2.27. The summed E-state index contributed by atoms with van der Waals surface area (Å²) >= 11 is 6.44. The Balaban J connectivity index is 2.67. The molecule has 0 aromatic carbocycles. The zero-order chi connectivity index (χ0) is 12.3. The van der Waals surface area contributed by atoms with E-state index in [9.17, 15) is 4.79 Å². The highest BCUT2D eigenvalue weighted by Crippen LogP contribution is 2.20. The van der Waals surface area contributed by atoms with Crippen molar-refractivity contribution in [2.24, 2.45) is 0 Å². The predicted octanol–water partition coefficient (Wildman–Crippen LogP) is 3.35. The Morgan fingerprint density at radius 2 is 2.06 bits per heavy atom. The third kappa shape index (κ3) is 4.44. The van der Waals surface area contributed by atoms with Gasteiger partial charge < -0.3 is 4.74 Å². The smallest absolute Gasteiger partial charge is 0.414 e. The first-order valence-corrected chi connectivity index (χ1v) is 6.04. The fourth-order valence-corrected chi connectivity index (χ4v) is 1.26. The number of anilines is 1. The lowest BCUT2D eigenvalue weighted by atomic mass is 10.2. The van der Waals surface area contributed by atoms with Gasteiger partial charge in [-0.3, -0.25) is 5.32 Å². The molecule has 0 bridgehead atoms. The second-order valence-corrected chi connectivity index (χ2v) is 5.56. The molecule has 0 aliphatic rings. The van der Waals surface area contributed by atoms with Crippen molar-refractivity contribution in [2.45, 2.75) is 26.4 Å². The molecule has 0 atom stereocenters. The van der Waals surface area contributed by atoms with Gasteiger partial charge in [-0.05, 0) is 52.6 Å². The van der Waals surface area contributed by atoms with E-state index in [0.29, 0.717) is 9.08 Å². The molecule has 0 saturated heterocycles. The number of hydrogen-bond donors (Lipinski definition) is 1. The van der Waals surface area contributed by atoms with Crippen LogP contribution in [0.15, 0.2) is 15.3 Å². The van der Waals surface area contributed by atoms with Crippen LogP contribution in [0.3, 0.4) is 0 Å². The Bertz CT molecular complexity index is 404. The van der Waals surface area contributed by atoms with Crippen LogP contribution < -0.4 is 5.32 Å². The maximum atomic E-state index is 11.4. The molecule has 0 fully saturated rings. The second kappa shape index (κ2) is 5.09. The number of hydrogen-bond acceptors (Lipinski definition) is 4. The number of rotatable bonds is 1. The molecule has 1 rings (SSSR count). The minimum atomic E-state index is -0.582. The molecule has 0 radical (unpaired) electrons. The van der Waals surface area contributed by atoms with E-state index in [4.69, 9.17) is 4.74 Å². The molecule has 0 aliphatic carbocycles. The highest BCUT2D eigenvalue weighted by molar-refractivity contribution is 9.13. The van der Waals surface area contributed by atoms with Crippen molar-refractivity contribution >= 4 is 43.9 Å². The summed E-state index contributed by atoms with van der Waals surface area (Å²) in [6, 6.07) is 0. The van der Waals surface area contributed by atoms with E-state index in [-0.39, 0.29) is 5.95 Å². The second-order valence-electron chi connectivity index (χ2n) is 3.96. The van der Waals surface area contributed by atoms with Gasteiger partial charge in [0.1, 0.15) is 10.2 Å². The van der Waals surface area contributed by atoms with Gasteiger partial charge in [-0.2, -0.15) is 0 Å². The molecule has 0 saturated carbocycles. The van der Waals surface area contributed by atoms with Gasteiger partial charge in [0.25, 0.3) is 0 Å². The quantitative estimate of drug-likeness (QED) is 0.787. The summed E-state index contributed by atoms with van der Waals surface area (Å²) < 4.78 is 6.33. The fourth-order valence-electron chi connectivity index (χ4n) is 0.801. The van der Waals surface area contributed by atoms with E-state index >= 15 is 0 Å². The molecule has 1 heterocycles. The Morgan fingerprint density at radius 3 is 2.56 bits per heavy atom. The molecule has 1 aromatic rings. The monoisotopic (exact) mass is 351 g/mol. The zero-order valence-electron chi connectivity index (χ0n) is 9.04. The van der Waals surface area contributed by atoms with E-state index in [2.05, 4.69) is 47.1 Å². The molecule has 1 aromatic heterocycles. The molecular weight excluding hydrogens is 342 g/mol. The van der Waals surface area contributed by atoms with Crippen molar-refractivity contribution in [2.75, 3.05) is 5.32 Å². The number of nitrogens with one attached hydrogen (secondary N) is 1. The summed E-state index contributed by atoms with van der Waals surface area (Å²) in [5.74, 6) is 0.185. The molecule has 88 valence electrons. The van der Waals surface area contributed by atoms with Crippen LogP contribution >= 0.6 is 31.9 Å². The fraction of sp³-hybridized carbons (Fsp3) is 0.444. The predicted molar refractivity (Wildman–Crippen MR) is 67.3 cm³/mol. The molecule has 0 unspecified atom stereocenters. The molecule has 0 spiro atoms. The van der Waals surface area contributed by atoms with Gasteiger partial charge in [-0.1, -0.05) is 0 Å². The highest BCUT2D eigenvalue weighted by atomic mass is 79.9. The Kier molecular flexibility index (Phi) is 4.26. The number of amides is 1. The Labute approximate surface area is 110 Å². The van der Waals surface area contributed by atoms with Crippen LogP contribution in [0.2, 0.25) is 0 Å². The van der Waals surface area contributed by atoms with Crippen molar-refractivity contribution in [3.05, 3.63) is 15.3 Å². The van der Waals surface area contributed by atoms with Crippen LogP contribution in [-0.2, 0) is 4.74 Å². The SMILES string of the molecule is CC(C)(C)OC(=O)Nc1ncc(Br)c(Br)n1. The standard InChI is InChI=1S/C9H11Br2N3O2/c1-9(2,3)16-8(15)14-7-12-4-5(10)6(11)13-7/h4H,1-3H3,(H,12,13,14,15). The molecule has 1 N–H and O–H groups in total. The minimum absolute atomic E-state index is 0.185. The van der Waals surface area contributed by atoms with Gasteiger partial charge in [-0.25, -0.2) is 14.8 Å². The number of aromatic nitrogens is 2. The van der Waals surface area contributed by atoms with Gasteiger partial charge in [0.15, 0.2) is 0 Å². The van der Waals surface area contributed by atoms with E-state index in [1.54, 1.807) is 20.8 Å². The first-order chi connectivity index (χ1) is 7.28. The van der Waals surface area contributed by atoms with E-state index in [1.807, 2.05) is 0 Å². The summed E-state index contributed by atoms with van der Waals surface area (Å²) in [6.07, 6.45) is 0.950. The third-order valence-corrected chi connectivity index (χ3v) is 3.03. The molecule has 5 nitrogen and oxygen atoms in total. The number of carbonyl (C=O) groups excluding carboxylic acids is 1. The van der Waals surface area contributed by atoms with Crippen LogP contribution in [-0.4, -0.2) is 21.7 Å². The Morgan fingerprint density at radius 1 is 1.44 bits per heavy atom. The normalized spacial score (nSPS) is 11.1. The largest absolute Gasteiger partial charge is 0.444 e. The van der Waals surface area contributed by atoms with E-state index < -0.39 is 11.7 Å². The number of carbonyl (C=O) groups is 1. The van der Waals surface area contributed by atoms with E-state index in [1.165, 1.54) is 6.20 Å². The summed E-state index contributed by atoms with van der Waals surface area (Å²) in [7, 11) is 0. The average Bonchev–Trinajstić information content (AvgIpc) is 2.08. The van der Waals surface area contributed by atoms with Crippen LogP contribution in [0.4, 0.5) is 10.7 Å². The van der Waals surface area contributed by atoms with E-state index in [0.717, 1.165) is 0 Å². The van der Waals surface area contributed by atoms with Gasteiger partial charge in [0, 0.05) is 6.20 Å².